The number of benzene rings is 1. The van der Waals surface area contributed by atoms with E-state index in [1.807, 2.05) is 6.92 Å². The smallest absolute Gasteiger partial charge is 0.249 e. The minimum atomic E-state index is -0.460. The Morgan fingerprint density at radius 2 is 2.04 bits per heavy atom. The van der Waals surface area contributed by atoms with Crippen molar-refractivity contribution >= 4 is 5.91 Å². The summed E-state index contributed by atoms with van der Waals surface area (Å²) < 4.78 is 11.3. The Hall–Kier alpha value is -1.39. The highest BCUT2D eigenvalue weighted by atomic mass is 16.5. The van der Waals surface area contributed by atoms with Crippen molar-refractivity contribution in [3.8, 4) is 0 Å². The highest BCUT2D eigenvalue weighted by Gasteiger charge is 2.20. The van der Waals surface area contributed by atoms with Crippen molar-refractivity contribution in [2.75, 3.05) is 13.2 Å². The minimum Gasteiger partial charge on any atom is -0.376 e. The lowest BCUT2D eigenvalue weighted by molar-refractivity contribution is -0.136. The van der Waals surface area contributed by atoms with Crippen LogP contribution >= 0.6 is 0 Å². The molecule has 0 spiro atoms. The van der Waals surface area contributed by atoms with E-state index in [1.54, 1.807) is 6.92 Å². The molecule has 128 valence electrons. The van der Waals surface area contributed by atoms with E-state index >= 15 is 0 Å². The number of carbonyl (C=O) groups excluding carboxylic acids is 1. The van der Waals surface area contributed by atoms with Gasteiger partial charge in [0.1, 0.15) is 6.10 Å². The second-order valence-corrected chi connectivity index (χ2v) is 6.29. The molecule has 23 heavy (non-hydrogen) atoms. The van der Waals surface area contributed by atoms with E-state index < -0.39 is 6.10 Å². The fourth-order valence-corrected chi connectivity index (χ4v) is 2.72. The zero-order valence-corrected chi connectivity index (χ0v) is 14.5. The Kier molecular flexibility index (Phi) is 7.06. The van der Waals surface area contributed by atoms with Crippen molar-refractivity contribution in [3.05, 3.63) is 35.4 Å². The average Bonchev–Trinajstić information content (AvgIpc) is 2.60. The molecule has 1 heterocycles. The van der Waals surface area contributed by atoms with Gasteiger partial charge >= 0.3 is 0 Å². The molecule has 3 atom stereocenters. The van der Waals surface area contributed by atoms with Crippen molar-refractivity contribution < 1.29 is 14.3 Å². The van der Waals surface area contributed by atoms with Crippen molar-refractivity contribution in [2.24, 2.45) is 0 Å². The van der Waals surface area contributed by atoms with Crippen LogP contribution in [0.5, 0.6) is 0 Å². The molecule has 0 aliphatic carbocycles. The number of nitrogens with one attached hydrogen (secondary N) is 1. The molecule has 0 saturated carbocycles. The molecule has 1 N–H and O–H groups in total. The lowest BCUT2D eigenvalue weighted by Crippen LogP contribution is -2.38. The lowest BCUT2D eigenvalue weighted by atomic mass is 10.0. The van der Waals surface area contributed by atoms with Crippen LogP contribution < -0.4 is 5.32 Å². The summed E-state index contributed by atoms with van der Waals surface area (Å²) in [4.78, 5) is 12.2. The van der Waals surface area contributed by atoms with E-state index in [0.29, 0.717) is 6.61 Å². The van der Waals surface area contributed by atoms with Gasteiger partial charge in [-0.15, -0.1) is 0 Å². The van der Waals surface area contributed by atoms with Crippen LogP contribution in [-0.2, 0) is 20.7 Å². The minimum absolute atomic E-state index is 0.0228. The molecule has 1 amide bonds. The van der Waals surface area contributed by atoms with Gasteiger partial charge in [-0.2, -0.15) is 0 Å². The number of aryl methyl sites for hydroxylation is 1. The summed E-state index contributed by atoms with van der Waals surface area (Å²) >= 11 is 0. The van der Waals surface area contributed by atoms with E-state index in [4.69, 9.17) is 9.47 Å². The molecule has 4 nitrogen and oxygen atoms in total. The van der Waals surface area contributed by atoms with Gasteiger partial charge in [0, 0.05) is 6.61 Å². The summed E-state index contributed by atoms with van der Waals surface area (Å²) in [6.45, 7) is 7.23. The first-order chi connectivity index (χ1) is 11.1. The predicted molar refractivity (Wildman–Crippen MR) is 91.4 cm³/mol. The van der Waals surface area contributed by atoms with Crippen molar-refractivity contribution in [2.45, 2.75) is 64.7 Å². The van der Waals surface area contributed by atoms with Gasteiger partial charge in [0.05, 0.1) is 18.8 Å². The molecule has 4 heteroatoms. The summed E-state index contributed by atoms with van der Waals surface area (Å²) in [5, 5.41) is 3.02. The van der Waals surface area contributed by atoms with Crippen LogP contribution in [0.15, 0.2) is 24.3 Å². The number of carbonyl (C=O) groups is 1. The maximum atomic E-state index is 12.2. The number of ether oxygens (including phenoxy) is 2. The Bertz CT molecular complexity index is 480. The normalized spacial score (nSPS) is 20.7. The Balaban J connectivity index is 1.77. The first-order valence-corrected chi connectivity index (χ1v) is 8.72. The molecule has 1 fully saturated rings. The maximum Gasteiger partial charge on any atom is 0.249 e. The Morgan fingerprint density at radius 1 is 1.30 bits per heavy atom. The van der Waals surface area contributed by atoms with Crippen LogP contribution in [-0.4, -0.2) is 31.3 Å². The van der Waals surface area contributed by atoms with Crippen LogP contribution in [0.2, 0.25) is 0 Å². The third-order valence-electron chi connectivity index (χ3n) is 4.42. The zero-order chi connectivity index (χ0) is 16.7. The number of hydrogen-bond acceptors (Lipinski definition) is 3. The highest BCUT2D eigenvalue weighted by molar-refractivity contribution is 5.80. The van der Waals surface area contributed by atoms with E-state index in [0.717, 1.165) is 31.4 Å². The highest BCUT2D eigenvalue weighted by Crippen LogP contribution is 2.15. The molecule has 1 aliphatic heterocycles. The van der Waals surface area contributed by atoms with Crippen LogP contribution in [0.25, 0.3) is 0 Å². The first-order valence-electron chi connectivity index (χ1n) is 8.72. The quantitative estimate of drug-likeness (QED) is 0.838. The molecule has 0 radical (unpaired) electrons. The Labute approximate surface area is 139 Å². The van der Waals surface area contributed by atoms with Gasteiger partial charge in [-0.3, -0.25) is 4.79 Å². The summed E-state index contributed by atoms with van der Waals surface area (Å²) in [6, 6.07) is 8.35. The second kappa shape index (κ2) is 9.04. The topological polar surface area (TPSA) is 47.6 Å². The summed E-state index contributed by atoms with van der Waals surface area (Å²) in [6.07, 6.45) is 4.03. The fraction of sp³-hybridized carbons (Fsp3) is 0.632. The number of rotatable bonds is 7. The predicted octanol–water partition coefficient (Wildman–Crippen LogP) is 3.40. The van der Waals surface area contributed by atoms with Gasteiger partial charge in [0.15, 0.2) is 0 Å². The van der Waals surface area contributed by atoms with Crippen LogP contribution in [0.3, 0.4) is 0 Å². The van der Waals surface area contributed by atoms with Crippen LogP contribution in [0.4, 0.5) is 0 Å². The molecular formula is C19H29NO3. The van der Waals surface area contributed by atoms with Crippen LogP contribution in [0, 0.1) is 0 Å². The van der Waals surface area contributed by atoms with E-state index in [9.17, 15) is 4.79 Å². The SMILES string of the molecule is CCc1ccc([C@H](C)NC(=O)[C@H](C)OC[C@@H]2CCCCO2)cc1. The molecule has 2 rings (SSSR count). The van der Waals surface area contributed by atoms with E-state index in [-0.39, 0.29) is 18.1 Å². The first kappa shape index (κ1) is 18.0. The van der Waals surface area contributed by atoms with Crippen molar-refractivity contribution in [3.63, 3.8) is 0 Å². The van der Waals surface area contributed by atoms with E-state index in [1.165, 1.54) is 12.0 Å². The molecule has 1 aromatic carbocycles. The number of hydrogen-bond donors (Lipinski definition) is 1. The molecule has 1 aliphatic rings. The van der Waals surface area contributed by atoms with E-state index in [2.05, 4.69) is 36.5 Å². The molecular weight excluding hydrogens is 290 g/mol. The third-order valence-corrected chi connectivity index (χ3v) is 4.42. The average molecular weight is 319 g/mol. The zero-order valence-electron chi connectivity index (χ0n) is 14.5. The van der Waals surface area contributed by atoms with Gasteiger partial charge in [0.2, 0.25) is 5.91 Å². The molecule has 0 aromatic heterocycles. The van der Waals surface area contributed by atoms with Gasteiger partial charge in [-0.1, -0.05) is 31.2 Å². The van der Waals surface area contributed by atoms with Crippen molar-refractivity contribution in [1.29, 1.82) is 0 Å². The van der Waals surface area contributed by atoms with Gasteiger partial charge in [-0.25, -0.2) is 0 Å². The summed E-state index contributed by atoms with van der Waals surface area (Å²) in [5.41, 5.74) is 2.41. The molecule has 0 bridgehead atoms. The van der Waals surface area contributed by atoms with Gasteiger partial charge in [0.25, 0.3) is 0 Å². The standard InChI is InChI=1S/C19H29NO3/c1-4-16-8-10-17(11-9-16)14(2)20-19(21)15(3)23-13-18-7-5-6-12-22-18/h8-11,14-15,18H,4-7,12-13H2,1-3H3,(H,20,21)/t14-,15-,18-/m0/s1. The second-order valence-electron chi connectivity index (χ2n) is 6.29. The maximum absolute atomic E-state index is 12.2. The van der Waals surface area contributed by atoms with Gasteiger partial charge < -0.3 is 14.8 Å². The fourth-order valence-electron chi connectivity index (χ4n) is 2.72. The van der Waals surface area contributed by atoms with Gasteiger partial charge in [-0.05, 0) is 50.7 Å². The molecule has 1 aromatic rings. The van der Waals surface area contributed by atoms with Crippen LogP contribution in [0.1, 0.15) is 57.2 Å². The number of amides is 1. The summed E-state index contributed by atoms with van der Waals surface area (Å²) in [5.74, 6) is -0.0760. The molecule has 0 unspecified atom stereocenters. The Morgan fingerprint density at radius 3 is 2.65 bits per heavy atom. The van der Waals surface area contributed by atoms with Crippen molar-refractivity contribution in [1.82, 2.24) is 5.32 Å². The monoisotopic (exact) mass is 319 g/mol. The molecule has 1 saturated heterocycles. The largest absolute Gasteiger partial charge is 0.376 e. The summed E-state index contributed by atoms with van der Waals surface area (Å²) in [7, 11) is 0. The third kappa shape index (κ3) is 5.63. The lowest BCUT2D eigenvalue weighted by Gasteiger charge is -2.24.